The van der Waals surface area contributed by atoms with E-state index >= 15 is 0 Å². The van der Waals surface area contributed by atoms with Crippen LogP contribution in [-0.2, 0) is 9.12 Å². The number of rotatable bonds is 3. The molecule has 1 unspecified atom stereocenters. The Morgan fingerprint density at radius 1 is 1.06 bits per heavy atom. The van der Waals surface area contributed by atoms with Gasteiger partial charge in [-0.15, -0.1) is 17.0 Å². The fourth-order valence-electron chi connectivity index (χ4n) is 1.56. The maximum atomic E-state index is 11.4. The Morgan fingerprint density at radius 3 is 2.24 bits per heavy atom. The molecule has 1 heterocycles. The summed E-state index contributed by atoms with van der Waals surface area (Å²) in [7, 11) is 0. The summed E-state index contributed by atoms with van der Waals surface area (Å²) in [5.74, 6) is 0. The molecule has 0 radical (unpaired) electrons. The van der Waals surface area contributed by atoms with E-state index < -0.39 is 4.32 Å². The van der Waals surface area contributed by atoms with E-state index in [1.54, 1.807) is 12.4 Å². The lowest BCUT2D eigenvalue weighted by molar-refractivity contribution is -0.109. The second-order valence-corrected chi connectivity index (χ2v) is 4.69. The normalized spacial score (nSPS) is 13.2. The highest BCUT2D eigenvalue weighted by Crippen LogP contribution is 2.35. The molecule has 0 bridgehead atoms. The maximum Gasteiger partial charge on any atom is 0.145 e. The van der Waals surface area contributed by atoms with E-state index in [-0.39, 0.29) is 17.0 Å². The van der Waals surface area contributed by atoms with Gasteiger partial charge in [-0.2, -0.15) is 0 Å². The van der Waals surface area contributed by atoms with Crippen LogP contribution < -0.4 is 0 Å². The molecule has 0 saturated heterocycles. The van der Waals surface area contributed by atoms with Crippen LogP contribution in [0.25, 0.3) is 0 Å². The molecule has 17 heavy (non-hydrogen) atoms. The third kappa shape index (κ3) is 2.82. The Bertz CT molecular complexity index is 434. The van der Waals surface area contributed by atoms with E-state index in [1.807, 2.05) is 42.5 Å². The number of hydrogen-bond donors (Lipinski definition) is 0. The summed E-state index contributed by atoms with van der Waals surface area (Å²) in [5, 5.41) is 0. The van der Waals surface area contributed by atoms with Crippen molar-refractivity contribution in [2.75, 3.05) is 0 Å². The molecule has 2 aromatic rings. The summed E-state index contributed by atoms with van der Waals surface area (Å²) in [6.45, 7) is 0. The third-order valence-electron chi connectivity index (χ3n) is 2.44. The van der Waals surface area contributed by atoms with Crippen molar-refractivity contribution in [1.29, 1.82) is 0 Å². The molecule has 2 rings (SSSR count). The second-order valence-electron chi connectivity index (χ2n) is 3.44. The first-order chi connectivity index (χ1) is 7.77. The van der Waals surface area contributed by atoms with Crippen LogP contribution in [0.2, 0.25) is 0 Å². The summed E-state index contributed by atoms with van der Waals surface area (Å²) in [6, 6.07) is 13.3. The van der Waals surface area contributed by atoms with Crippen molar-refractivity contribution in [1.82, 2.24) is 4.98 Å². The highest BCUT2D eigenvalue weighted by atomic mass is 79.9. The van der Waals surface area contributed by atoms with Crippen molar-refractivity contribution in [3.8, 4) is 0 Å². The van der Waals surface area contributed by atoms with Gasteiger partial charge in [-0.1, -0.05) is 52.3 Å². The lowest BCUT2D eigenvalue weighted by Crippen LogP contribution is -2.21. The zero-order valence-electron chi connectivity index (χ0n) is 8.92. The van der Waals surface area contributed by atoms with Crippen molar-refractivity contribution in [2.45, 2.75) is 4.32 Å². The van der Waals surface area contributed by atoms with Crippen molar-refractivity contribution in [3.63, 3.8) is 0 Å². The van der Waals surface area contributed by atoms with Gasteiger partial charge >= 0.3 is 0 Å². The number of carbonyl (C=O) groups is 1. The number of aromatic nitrogens is 1. The SMILES string of the molecule is Br.O=CC(Br)(c1ccccc1)c1cccnc1. The molecule has 0 fully saturated rings. The topological polar surface area (TPSA) is 30.0 Å². The van der Waals surface area contributed by atoms with Gasteiger partial charge in [0.2, 0.25) is 0 Å². The van der Waals surface area contributed by atoms with Crippen LogP contribution in [0.4, 0.5) is 0 Å². The Balaban J connectivity index is 0.00000144. The lowest BCUT2D eigenvalue weighted by Gasteiger charge is -2.21. The van der Waals surface area contributed by atoms with Gasteiger partial charge in [0.15, 0.2) is 0 Å². The van der Waals surface area contributed by atoms with Gasteiger partial charge in [0.1, 0.15) is 10.6 Å². The van der Waals surface area contributed by atoms with Crippen molar-refractivity contribution in [3.05, 3.63) is 66.0 Å². The zero-order chi connectivity index (χ0) is 11.4. The van der Waals surface area contributed by atoms with Gasteiger partial charge in [-0.05, 0) is 17.2 Å². The van der Waals surface area contributed by atoms with E-state index in [9.17, 15) is 4.79 Å². The summed E-state index contributed by atoms with van der Waals surface area (Å²) >= 11 is 3.49. The molecular formula is C13H11Br2NO. The molecular weight excluding hydrogens is 346 g/mol. The number of carbonyl (C=O) groups excluding carboxylic acids is 1. The molecule has 88 valence electrons. The predicted octanol–water partition coefficient (Wildman–Crippen LogP) is 3.50. The van der Waals surface area contributed by atoms with Crippen LogP contribution in [0.5, 0.6) is 0 Å². The number of pyridine rings is 1. The number of benzene rings is 1. The Morgan fingerprint density at radius 2 is 1.71 bits per heavy atom. The van der Waals surface area contributed by atoms with Crippen molar-refractivity contribution in [2.24, 2.45) is 0 Å². The van der Waals surface area contributed by atoms with Gasteiger partial charge < -0.3 is 4.79 Å². The first kappa shape index (κ1) is 14.1. The third-order valence-corrected chi connectivity index (χ3v) is 3.54. The summed E-state index contributed by atoms with van der Waals surface area (Å²) in [6.07, 6.45) is 4.27. The smallest absolute Gasteiger partial charge is 0.145 e. The van der Waals surface area contributed by atoms with Gasteiger partial charge in [0.05, 0.1) is 0 Å². The molecule has 1 atom stereocenters. The Labute approximate surface area is 119 Å². The van der Waals surface area contributed by atoms with Gasteiger partial charge in [0.25, 0.3) is 0 Å². The average Bonchev–Trinajstić information content (AvgIpc) is 2.40. The average molecular weight is 357 g/mol. The molecule has 1 aromatic heterocycles. The first-order valence-electron chi connectivity index (χ1n) is 4.88. The molecule has 2 nitrogen and oxygen atoms in total. The van der Waals surface area contributed by atoms with E-state index in [4.69, 9.17) is 0 Å². The van der Waals surface area contributed by atoms with E-state index in [0.717, 1.165) is 17.4 Å². The Hall–Kier alpha value is -1.00. The minimum atomic E-state index is -0.803. The fourth-order valence-corrected chi connectivity index (χ4v) is 2.06. The van der Waals surface area contributed by atoms with E-state index in [2.05, 4.69) is 20.9 Å². The number of halogens is 2. The van der Waals surface area contributed by atoms with Crippen LogP contribution >= 0.6 is 32.9 Å². The largest absolute Gasteiger partial charge is 0.301 e. The maximum absolute atomic E-state index is 11.4. The van der Waals surface area contributed by atoms with E-state index in [0.29, 0.717) is 0 Å². The molecule has 0 aliphatic rings. The summed E-state index contributed by atoms with van der Waals surface area (Å²) < 4.78 is -0.803. The number of nitrogens with zero attached hydrogens (tertiary/aromatic N) is 1. The van der Waals surface area contributed by atoms with Crippen LogP contribution in [0.15, 0.2) is 54.9 Å². The number of hydrogen-bond acceptors (Lipinski definition) is 2. The monoisotopic (exact) mass is 355 g/mol. The fraction of sp³-hybridized carbons (Fsp3) is 0.0769. The highest BCUT2D eigenvalue weighted by molar-refractivity contribution is 9.10. The predicted molar refractivity (Wildman–Crippen MR) is 76.8 cm³/mol. The molecule has 0 aliphatic carbocycles. The Kier molecular flexibility index (Phi) is 5.02. The summed E-state index contributed by atoms with van der Waals surface area (Å²) in [5.41, 5.74) is 1.73. The van der Waals surface area contributed by atoms with Crippen LogP contribution in [-0.4, -0.2) is 11.3 Å². The molecule has 0 saturated carbocycles. The van der Waals surface area contributed by atoms with Gasteiger partial charge in [-0.3, -0.25) is 4.98 Å². The van der Waals surface area contributed by atoms with Crippen molar-refractivity contribution < 1.29 is 4.79 Å². The second kappa shape index (κ2) is 6.07. The summed E-state index contributed by atoms with van der Waals surface area (Å²) in [4.78, 5) is 15.4. The quantitative estimate of drug-likeness (QED) is 0.622. The molecule has 4 heteroatoms. The van der Waals surface area contributed by atoms with Crippen molar-refractivity contribution >= 4 is 39.2 Å². The molecule has 0 N–H and O–H groups in total. The van der Waals surface area contributed by atoms with Crippen LogP contribution in [0.3, 0.4) is 0 Å². The van der Waals surface area contributed by atoms with Crippen LogP contribution in [0, 0.1) is 0 Å². The number of alkyl halides is 1. The minimum Gasteiger partial charge on any atom is -0.301 e. The lowest BCUT2D eigenvalue weighted by atomic mass is 9.94. The van der Waals surface area contributed by atoms with Crippen LogP contribution in [0.1, 0.15) is 11.1 Å². The molecule has 0 amide bonds. The van der Waals surface area contributed by atoms with E-state index in [1.165, 1.54) is 0 Å². The molecule has 0 spiro atoms. The highest BCUT2D eigenvalue weighted by Gasteiger charge is 2.30. The standard InChI is InChI=1S/C13H10BrNO.BrH/c14-13(10-16,11-5-2-1-3-6-11)12-7-4-8-15-9-12;/h1-10H;1H. The first-order valence-corrected chi connectivity index (χ1v) is 5.68. The van der Waals surface area contributed by atoms with Gasteiger partial charge in [-0.25, -0.2) is 0 Å². The van der Waals surface area contributed by atoms with Gasteiger partial charge in [0, 0.05) is 12.4 Å². The molecule has 0 aliphatic heterocycles. The molecule has 1 aromatic carbocycles. The zero-order valence-corrected chi connectivity index (χ0v) is 12.2. The number of aldehydes is 1. The minimum absolute atomic E-state index is 0.